The summed E-state index contributed by atoms with van der Waals surface area (Å²) >= 11 is 1.10. The van der Waals surface area contributed by atoms with Gasteiger partial charge in [0.05, 0.1) is 12.2 Å². The average molecular weight is 484 g/mol. The molecule has 0 aliphatic carbocycles. The summed E-state index contributed by atoms with van der Waals surface area (Å²) in [5.74, 6) is -0.494. The number of nitrogens with zero attached hydrogens (tertiary/aromatic N) is 2. The van der Waals surface area contributed by atoms with Gasteiger partial charge in [-0.25, -0.2) is 22.9 Å². The van der Waals surface area contributed by atoms with Crippen molar-refractivity contribution < 1.29 is 27.5 Å². The van der Waals surface area contributed by atoms with Gasteiger partial charge in [0, 0.05) is 0 Å². The number of hydrogen-bond donors (Lipinski definition) is 1. The molecule has 0 aliphatic heterocycles. The summed E-state index contributed by atoms with van der Waals surface area (Å²) in [4.78, 5) is 30.6. The summed E-state index contributed by atoms with van der Waals surface area (Å²) in [5, 5.41) is 1.67. The van der Waals surface area contributed by atoms with Gasteiger partial charge in [-0.3, -0.25) is 9.69 Å². The Bertz CT molecular complexity index is 1040. The Labute approximate surface area is 192 Å². The highest BCUT2D eigenvalue weighted by molar-refractivity contribution is 7.91. The van der Waals surface area contributed by atoms with Crippen molar-refractivity contribution in [2.45, 2.75) is 63.5 Å². The zero-order chi connectivity index (χ0) is 24.2. The number of esters is 1. The molecule has 32 heavy (non-hydrogen) atoms. The standard InChI is InChI=1S/C21H29N3O6S2/c1-20(2,3)29-17(25)14-24(19(26)30-21(4,5)6)16-10-7-9-15(23-16)13-22-32(27,28)18-11-8-12-31-18/h7-12,22H,13-14H2,1-6H3. The number of nitrogens with one attached hydrogen (secondary N) is 1. The van der Waals surface area contributed by atoms with Crippen LogP contribution in [0.5, 0.6) is 0 Å². The Kier molecular flexibility index (Phi) is 8.02. The molecule has 1 amide bonds. The number of aromatic nitrogens is 1. The van der Waals surface area contributed by atoms with E-state index in [-0.39, 0.29) is 16.6 Å². The Morgan fingerprint density at radius 2 is 1.69 bits per heavy atom. The normalized spacial score (nSPS) is 12.3. The third kappa shape index (κ3) is 8.21. The quantitative estimate of drug-likeness (QED) is 0.597. The van der Waals surface area contributed by atoms with Gasteiger partial charge in [0.2, 0.25) is 10.0 Å². The predicted octanol–water partition coefficient (Wildman–Crippen LogP) is 3.70. The minimum atomic E-state index is -3.68. The molecule has 0 spiro atoms. The van der Waals surface area contributed by atoms with Gasteiger partial charge in [-0.05, 0) is 65.1 Å². The molecular formula is C21H29N3O6S2. The molecule has 1 N–H and O–H groups in total. The molecule has 2 heterocycles. The summed E-state index contributed by atoms with van der Waals surface area (Å²) in [5.41, 5.74) is -1.16. The van der Waals surface area contributed by atoms with E-state index < -0.39 is 39.8 Å². The van der Waals surface area contributed by atoms with E-state index in [4.69, 9.17) is 9.47 Å². The first-order chi connectivity index (χ1) is 14.7. The summed E-state index contributed by atoms with van der Waals surface area (Å²) in [6.07, 6.45) is -0.771. The van der Waals surface area contributed by atoms with Crippen molar-refractivity contribution in [1.82, 2.24) is 9.71 Å². The summed E-state index contributed by atoms with van der Waals surface area (Å²) in [6, 6.07) is 7.91. The van der Waals surface area contributed by atoms with Crippen LogP contribution in [0.25, 0.3) is 0 Å². The summed E-state index contributed by atoms with van der Waals surface area (Å²) < 4.78 is 38.1. The SMILES string of the molecule is CC(C)(C)OC(=O)CN(C(=O)OC(C)(C)C)c1cccc(CNS(=O)(=O)c2cccs2)n1. The maximum absolute atomic E-state index is 12.8. The second-order valence-electron chi connectivity index (χ2n) is 8.90. The van der Waals surface area contributed by atoms with Crippen LogP contribution in [-0.2, 0) is 30.8 Å². The van der Waals surface area contributed by atoms with Crippen molar-refractivity contribution in [3.63, 3.8) is 0 Å². The molecule has 0 fully saturated rings. The van der Waals surface area contributed by atoms with Gasteiger partial charge in [-0.2, -0.15) is 0 Å². The van der Waals surface area contributed by atoms with E-state index in [9.17, 15) is 18.0 Å². The smallest absolute Gasteiger partial charge is 0.416 e. The highest BCUT2D eigenvalue weighted by atomic mass is 32.2. The van der Waals surface area contributed by atoms with Crippen molar-refractivity contribution >= 4 is 39.2 Å². The van der Waals surface area contributed by atoms with Crippen molar-refractivity contribution in [2.24, 2.45) is 0 Å². The maximum Gasteiger partial charge on any atom is 0.416 e. The van der Waals surface area contributed by atoms with Crippen molar-refractivity contribution in [3.05, 3.63) is 41.4 Å². The van der Waals surface area contributed by atoms with Gasteiger partial charge >= 0.3 is 12.1 Å². The van der Waals surface area contributed by atoms with Gasteiger partial charge in [-0.15, -0.1) is 11.3 Å². The second-order valence-corrected chi connectivity index (χ2v) is 11.8. The van der Waals surface area contributed by atoms with Crippen LogP contribution >= 0.6 is 11.3 Å². The first-order valence-corrected chi connectivity index (χ1v) is 12.2. The Morgan fingerprint density at radius 3 is 2.25 bits per heavy atom. The summed E-state index contributed by atoms with van der Waals surface area (Å²) in [7, 11) is -3.68. The average Bonchev–Trinajstić information content (AvgIpc) is 3.17. The van der Waals surface area contributed by atoms with E-state index in [2.05, 4.69) is 9.71 Å². The Balaban J connectivity index is 2.24. The fourth-order valence-electron chi connectivity index (χ4n) is 2.43. The molecule has 0 radical (unpaired) electrons. The number of hydrogen-bond acceptors (Lipinski definition) is 8. The number of amides is 1. The van der Waals surface area contributed by atoms with E-state index in [1.54, 1.807) is 65.1 Å². The highest BCUT2D eigenvalue weighted by Gasteiger charge is 2.28. The fraction of sp³-hybridized carbons (Fsp3) is 0.476. The molecule has 2 aromatic heterocycles. The van der Waals surface area contributed by atoms with Crippen molar-refractivity contribution in [1.29, 1.82) is 0 Å². The monoisotopic (exact) mass is 483 g/mol. The zero-order valence-corrected chi connectivity index (χ0v) is 20.7. The lowest BCUT2D eigenvalue weighted by atomic mass is 10.2. The molecule has 176 valence electrons. The molecule has 0 saturated heterocycles. The molecule has 0 bridgehead atoms. The van der Waals surface area contributed by atoms with E-state index in [1.807, 2.05) is 0 Å². The molecule has 2 aromatic rings. The highest BCUT2D eigenvalue weighted by Crippen LogP contribution is 2.19. The lowest BCUT2D eigenvalue weighted by molar-refractivity contribution is -0.153. The zero-order valence-electron chi connectivity index (χ0n) is 19.0. The number of carbonyl (C=O) groups is 2. The Morgan fingerprint density at radius 1 is 1.03 bits per heavy atom. The van der Waals surface area contributed by atoms with E-state index in [0.29, 0.717) is 5.69 Å². The van der Waals surface area contributed by atoms with Crippen LogP contribution < -0.4 is 9.62 Å². The van der Waals surface area contributed by atoms with Crippen LogP contribution in [0, 0.1) is 0 Å². The van der Waals surface area contributed by atoms with E-state index in [1.165, 1.54) is 12.1 Å². The predicted molar refractivity (Wildman–Crippen MR) is 122 cm³/mol. The van der Waals surface area contributed by atoms with Gasteiger partial charge < -0.3 is 9.47 Å². The topological polar surface area (TPSA) is 115 Å². The minimum Gasteiger partial charge on any atom is -0.459 e. The minimum absolute atomic E-state index is 0.0946. The van der Waals surface area contributed by atoms with Gasteiger partial charge in [0.15, 0.2) is 0 Å². The number of pyridine rings is 1. The largest absolute Gasteiger partial charge is 0.459 e. The number of rotatable bonds is 7. The first-order valence-electron chi connectivity index (χ1n) is 9.88. The lowest BCUT2D eigenvalue weighted by Crippen LogP contribution is -2.42. The summed E-state index contributed by atoms with van der Waals surface area (Å²) in [6.45, 7) is 9.79. The van der Waals surface area contributed by atoms with E-state index in [0.717, 1.165) is 16.2 Å². The number of anilines is 1. The molecule has 0 atom stereocenters. The molecular weight excluding hydrogens is 454 g/mol. The third-order valence-electron chi connectivity index (χ3n) is 3.59. The Hall–Kier alpha value is -2.50. The number of thiophene rings is 1. The molecule has 11 heteroatoms. The third-order valence-corrected chi connectivity index (χ3v) is 6.39. The van der Waals surface area contributed by atoms with Crippen LogP contribution in [0.2, 0.25) is 0 Å². The number of sulfonamides is 1. The molecule has 2 rings (SSSR count). The number of carbonyl (C=O) groups excluding carboxylic acids is 2. The van der Waals surface area contributed by atoms with Crippen molar-refractivity contribution in [3.8, 4) is 0 Å². The van der Waals surface area contributed by atoms with Crippen molar-refractivity contribution in [2.75, 3.05) is 11.4 Å². The molecule has 0 unspecified atom stereocenters. The van der Waals surface area contributed by atoms with Crippen LogP contribution in [0.1, 0.15) is 47.2 Å². The van der Waals surface area contributed by atoms with Crippen LogP contribution in [-0.4, -0.2) is 43.2 Å². The molecule has 0 aromatic carbocycles. The van der Waals surface area contributed by atoms with Crippen LogP contribution in [0.15, 0.2) is 39.9 Å². The van der Waals surface area contributed by atoms with Crippen LogP contribution in [0.3, 0.4) is 0 Å². The lowest BCUT2D eigenvalue weighted by Gasteiger charge is -2.27. The molecule has 9 nitrogen and oxygen atoms in total. The molecule has 0 aliphatic rings. The fourth-order valence-corrected chi connectivity index (χ4v) is 4.47. The number of ether oxygens (including phenoxy) is 2. The second kappa shape index (κ2) is 9.97. The van der Waals surface area contributed by atoms with Gasteiger partial charge in [0.25, 0.3) is 0 Å². The molecule has 0 saturated carbocycles. The van der Waals surface area contributed by atoms with E-state index >= 15 is 0 Å². The van der Waals surface area contributed by atoms with Gasteiger partial charge in [0.1, 0.15) is 27.8 Å². The maximum atomic E-state index is 12.8. The first kappa shape index (κ1) is 25.8. The van der Waals surface area contributed by atoms with Gasteiger partial charge in [-0.1, -0.05) is 12.1 Å². The van der Waals surface area contributed by atoms with Crippen LogP contribution in [0.4, 0.5) is 10.6 Å².